The van der Waals surface area contributed by atoms with Crippen LogP contribution in [0, 0.1) is 0 Å². The first-order chi connectivity index (χ1) is 9.61. The van der Waals surface area contributed by atoms with Crippen molar-refractivity contribution in [2.75, 3.05) is 32.9 Å². The Labute approximate surface area is 119 Å². The molecule has 0 atom stereocenters. The molecule has 1 N–H and O–H groups in total. The van der Waals surface area contributed by atoms with Crippen LogP contribution >= 0.6 is 0 Å². The minimum Gasteiger partial charge on any atom is -0.507 e. The fourth-order valence-electron chi connectivity index (χ4n) is 2.31. The summed E-state index contributed by atoms with van der Waals surface area (Å²) >= 11 is 0. The number of ketones is 1. The second-order valence-electron chi connectivity index (χ2n) is 4.85. The number of phenolic OH excluding ortho intramolecular Hbond substituents is 1. The fraction of sp³-hybridized carbons (Fsp3) is 0.533. The standard InChI is InChI=1S/C15H21NO4/c1-3-20-15-9-14(18)13(11(2)17)8-12(15)10-16-4-6-19-7-5-16/h8-9,18H,3-7,10H2,1-2H3. The fourth-order valence-corrected chi connectivity index (χ4v) is 2.31. The maximum Gasteiger partial charge on any atom is 0.163 e. The van der Waals surface area contributed by atoms with Crippen LogP contribution in [0.15, 0.2) is 12.1 Å². The van der Waals surface area contributed by atoms with Gasteiger partial charge in [0.1, 0.15) is 11.5 Å². The smallest absolute Gasteiger partial charge is 0.163 e. The zero-order valence-electron chi connectivity index (χ0n) is 12.0. The van der Waals surface area contributed by atoms with Crippen LogP contribution in [0.3, 0.4) is 0 Å². The number of carbonyl (C=O) groups excluding carboxylic acids is 1. The quantitative estimate of drug-likeness (QED) is 0.833. The predicted octanol–water partition coefficient (Wildman–Crippen LogP) is 1.83. The summed E-state index contributed by atoms with van der Waals surface area (Å²) in [5.41, 5.74) is 1.27. The number of ether oxygens (including phenoxy) is 2. The lowest BCUT2D eigenvalue weighted by Gasteiger charge is -2.27. The van der Waals surface area contributed by atoms with Crippen LogP contribution in [0.2, 0.25) is 0 Å². The van der Waals surface area contributed by atoms with E-state index >= 15 is 0 Å². The lowest BCUT2D eigenvalue weighted by molar-refractivity contribution is 0.0338. The molecule has 1 aliphatic rings. The Bertz CT molecular complexity index is 481. The van der Waals surface area contributed by atoms with E-state index in [4.69, 9.17) is 9.47 Å². The highest BCUT2D eigenvalue weighted by Crippen LogP contribution is 2.30. The average Bonchev–Trinajstić information content (AvgIpc) is 2.42. The molecule has 1 aromatic rings. The molecule has 110 valence electrons. The Hall–Kier alpha value is -1.59. The number of rotatable bonds is 5. The second kappa shape index (κ2) is 6.72. The van der Waals surface area contributed by atoms with E-state index in [1.165, 1.54) is 13.0 Å². The van der Waals surface area contributed by atoms with E-state index in [0.717, 1.165) is 31.9 Å². The van der Waals surface area contributed by atoms with Gasteiger partial charge in [-0.1, -0.05) is 0 Å². The number of phenols is 1. The monoisotopic (exact) mass is 279 g/mol. The molecule has 0 amide bonds. The van der Waals surface area contributed by atoms with Gasteiger partial charge in [-0.2, -0.15) is 0 Å². The highest BCUT2D eigenvalue weighted by molar-refractivity contribution is 5.97. The van der Waals surface area contributed by atoms with Gasteiger partial charge in [0, 0.05) is 31.3 Å². The zero-order chi connectivity index (χ0) is 14.5. The summed E-state index contributed by atoms with van der Waals surface area (Å²) in [6.45, 7) is 7.74. The molecular formula is C15H21NO4. The molecule has 1 saturated heterocycles. The van der Waals surface area contributed by atoms with Crippen LogP contribution in [0.1, 0.15) is 29.8 Å². The van der Waals surface area contributed by atoms with Crippen molar-refractivity contribution in [2.24, 2.45) is 0 Å². The lowest BCUT2D eigenvalue weighted by Crippen LogP contribution is -2.35. The summed E-state index contributed by atoms with van der Waals surface area (Å²) in [5, 5.41) is 9.88. The highest BCUT2D eigenvalue weighted by Gasteiger charge is 2.17. The van der Waals surface area contributed by atoms with Crippen LogP contribution in [-0.4, -0.2) is 48.7 Å². The molecule has 5 nitrogen and oxygen atoms in total. The number of carbonyl (C=O) groups is 1. The van der Waals surface area contributed by atoms with Gasteiger partial charge in [-0.05, 0) is 19.9 Å². The molecule has 0 aliphatic carbocycles. The normalized spacial score (nSPS) is 16.1. The molecule has 2 rings (SSSR count). The number of aromatic hydroxyl groups is 1. The van der Waals surface area contributed by atoms with Gasteiger partial charge in [-0.15, -0.1) is 0 Å². The van der Waals surface area contributed by atoms with E-state index in [1.54, 1.807) is 6.07 Å². The number of hydrogen-bond donors (Lipinski definition) is 1. The molecule has 5 heteroatoms. The molecule has 1 aromatic carbocycles. The van der Waals surface area contributed by atoms with Crippen molar-refractivity contribution >= 4 is 5.78 Å². The van der Waals surface area contributed by atoms with Gasteiger partial charge >= 0.3 is 0 Å². The molecule has 0 saturated carbocycles. The molecule has 20 heavy (non-hydrogen) atoms. The number of morpholine rings is 1. The largest absolute Gasteiger partial charge is 0.507 e. The Morgan fingerprint density at radius 3 is 2.70 bits per heavy atom. The third-order valence-corrected chi connectivity index (χ3v) is 3.36. The van der Waals surface area contributed by atoms with Gasteiger partial charge in [-0.25, -0.2) is 0 Å². The summed E-state index contributed by atoms with van der Waals surface area (Å²) in [6.07, 6.45) is 0. The molecule has 1 heterocycles. The summed E-state index contributed by atoms with van der Waals surface area (Å²) in [6, 6.07) is 3.27. The molecule has 0 radical (unpaired) electrons. The van der Waals surface area contributed by atoms with Crippen LogP contribution in [0.4, 0.5) is 0 Å². The minimum absolute atomic E-state index is 0.0216. The van der Waals surface area contributed by atoms with Crippen molar-refractivity contribution in [3.05, 3.63) is 23.3 Å². The molecule has 0 spiro atoms. The van der Waals surface area contributed by atoms with Crippen molar-refractivity contribution in [3.63, 3.8) is 0 Å². The summed E-state index contributed by atoms with van der Waals surface area (Å²) in [7, 11) is 0. The Balaban J connectivity index is 2.27. The van der Waals surface area contributed by atoms with Gasteiger partial charge < -0.3 is 14.6 Å². The van der Waals surface area contributed by atoms with Crippen LogP contribution in [-0.2, 0) is 11.3 Å². The number of Topliss-reactive ketones (excluding diaryl/α,β-unsaturated/α-hetero) is 1. The molecular weight excluding hydrogens is 258 g/mol. The van der Waals surface area contributed by atoms with Crippen LogP contribution < -0.4 is 4.74 Å². The Morgan fingerprint density at radius 1 is 1.40 bits per heavy atom. The van der Waals surface area contributed by atoms with E-state index in [0.29, 0.717) is 24.5 Å². The lowest BCUT2D eigenvalue weighted by atomic mass is 10.0. The third kappa shape index (κ3) is 3.49. The number of hydrogen-bond acceptors (Lipinski definition) is 5. The molecule has 0 bridgehead atoms. The first-order valence-electron chi connectivity index (χ1n) is 6.91. The van der Waals surface area contributed by atoms with E-state index in [9.17, 15) is 9.90 Å². The van der Waals surface area contributed by atoms with Crippen molar-refractivity contribution in [3.8, 4) is 11.5 Å². The van der Waals surface area contributed by atoms with E-state index in [-0.39, 0.29) is 11.5 Å². The maximum atomic E-state index is 11.5. The van der Waals surface area contributed by atoms with Crippen LogP contribution in [0.5, 0.6) is 11.5 Å². The van der Waals surface area contributed by atoms with Gasteiger partial charge in [-0.3, -0.25) is 9.69 Å². The molecule has 1 fully saturated rings. The van der Waals surface area contributed by atoms with Gasteiger partial charge in [0.25, 0.3) is 0 Å². The molecule has 1 aliphatic heterocycles. The van der Waals surface area contributed by atoms with Crippen LogP contribution in [0.25, 0.3) is 0 Å². The van der Waals surface area contributed by atoms with Gasteiger partial charge in [0.05, 0.1) is 25.4 Å². The Kier molecular flexibility index (Phi) is 4.98. The molecule has 0 unspecified atom stereocenters. The first-order valence-corrected chi connectivity index (χ1v) is 6.91. The summed E-state index contributed by atoms with van der Waals surface area (Å²) in [4.78, 5) is 13.8. The summed E-state index contributed by atoms with van der Waals surface area (Å²) < 4.78 is 10.9. The van der Waals surface area contributed by atoms with E-state index in [1.807, 2.05) is 6.92 Å². The third-order valence-electron chi connectivity index (χ3n) is 3.36. The topological polar surface area (TPSA) is 59.0 Å². The predicted molar refractivity (Wildman–Crippen MR) is 75.4 cm³/mol. The maximum absolute atomic E-state index is 11.5. The number of nitrogens with zero attached hydrogens (tertiary/aromatic N) is 1. The van der Waals surface area contributed by atoms with Crippen molar-refractivity contribution in [1.82, 2.24) is 4.90 Å². The van der Waals surface area contributed by atoms with E-state index in [2.05, 4.69) is 4.90 Å². The van der Waals surface area contributed by atoms with Crippen molar-refractivity contribution < 1.29 is 19.4 Å². The number of benzene rings is 1. The summed E-state index contributed by atoms with van der Waals surface area (Å²) in [5.74, 6) is 0.474. The second-order valence-corrected chi connectivity index (χ2v) is 4.85. The highest BCUT2D eigenvalue weighted by atomic mass is 16.5. The zero-order valence-corrected chi connectivity index (χ0v) is 12.0. The van der Waals surface area contributed by atoms with E-state index < -0.39 is 0 Å². The van der Waals surface area contributed by atoms with Crippen molar-refractivity contribution in [2.45, 2.75) is 20.4 Å². The average molecular weight is 279 g/mol. The molecule has 0 aromatic heterocycles. The van der Waals surface area contributed by atoms with Gasteiger partial charge in [0.2, 0.25) is 0 Å². The first kappa shape index (κ1) is 14.8. The minimum atomic E-state index is -0.145. The Morgan fingerprint density at radius 2 is 2.10 bits per heavy atom. The van der Waals surface area contributed by atoms with Crippen molar-refractivity contribution in [1.29, 1.82) is 0 Å². The SMILES string of the molecule is CCOc1cc(O)c(C(C)=O)cc1CN1CCOCC1. The van der Waals surface area contributed by atoms with Gasteiger partial charge in [0.15, 0.2) is 5.78 Å².